The van der Waals surface area contributed by atoms with Crippen molar-refractivity contribution < 1.29 is 5.11 Å². The van der Waals surface area contributed by atoms with E-state index in [-0.39, 0.29) is 0 Å². The fourth-order valence-electron chi connectivity index (χ4n) is 0.829. The Morgan fingerprint density at radius 3 is 2.45 bits per heavy atom. The highest BCUT2D eigenvalue weighted by Crippen LogP contribution is 2.36. The van der Waals surface area contributed by atoms with Gasteiger partial charge in [0.1, 0.15) is 0 Å². The molecule has 0 radical (unpaired) electrons. The van der Waals surface area contributed by atoms with Crippen LogP contribution in [0, 0.1) is 5.85 Å². The molecule has 1 rings (SSSR count). The fraction of sp³-hybridized carbons (Fsp3) is 0.250. The molecule has 1 aromatic rings. The molecule has 0 aliphatic rings. The average Bonchev–Trinajstić information content (AvgIpc) is 2.07. The highest BCUT2D eigenvalue weighted by atomic mass is 31.1. The molecule has 0 aromatic carbocycles. The monoisotopic (exact) mass is 169 g/mol. The van der Waals surface area contributed by atoms with Crippen molar-refractivity contribution in [2.75, 3.05) is 6.54 Å². The largest absolute Gasteiger partial charge is 0.515 e. The van der Waals surface area contributed by atoms with Gasteiger partial charge in [-0.15, -0.1) is 0 Å². The molecule has 0 aliphatic heterocycles. The molecule has 1 aromatic heterocycles. The molecule has 60 valence electrons. The van der Waals surface area contributed by atoms with E-state index in [1.807, 2.05) is 29.8 Å². The summed E-state index contributed by atoms with van der Waals surface area (Å²) in [5.74, 6) is 4.55. The van der Waals surface area contributed by atoms with E-state index in [0.29, 0.717) is 18.8 Å². The van der Waals surface area contributed by atoms with Gasteiger partial charge in [-0.05, 0) is 26.2 Å². The number of nitrogens with two attached hydrogens (primary N) is 1. The maximum atomic E-state index is 9.42. The zero-order valence-electron chi connectivity index (χ0n) is 6.27. The Kier molecular flexibility index (Phi) is 3.50. The topological polar surface area (TPSA) is 46.2 Å². The number of aliphatic hydroxyl groups is 1. The normalized spacial score (nSPS) is 10.5. The number of hydrogen-bond donors (Lipinski definition) is 2. The number of aliphatic hydroxyl groups excluding tert-OH is 1. The van der Waals surface area contributed by atoms with Gasteiger partial charge in [-0.3, -0.25) is 0 Å². The van der Waals surface area contributed by atoms with E-state index < -0.39 is 7.53 Å². The molecule has 0 unspecified atom stereocenters. The lowest BCUT2D eigenvalue weighted by Crippen LogP contribution is -2.02. The molecule has 11 heavy (non-hydrogen) atoms. The van der Waals surface area contributed by atoms with Gasteiger partial charge in [0.2, 0.25) is 0 Å². The van der Waals surface area contributed by atoms with Crippen LogP contribution in [0.5, 0.6) is 0 Å². The maximum Gasteiger partial charge on any atom is 0.0837 e. The van der Waals surface area contributed by atoms with Crippen molar-refractivity contribution in [3.05, 3.63) is 35.6 Å². The zero-order valence-corrected chi connectivity index (χ0v) is 7.17. The van der Waals surface area contributed by atoms with Gasteiger partial charge in [0.15, 0.2) is 0 Å². The second-order valence-corrected chi connectivity index (χ2v) is 4.16. The molecule has 0 amide bonds. The minimum atomic E-state index is -0.539. The van der Waals surface area contributed by atoms with E-state index >= 15 is 0 Å². The molecule has 3 heteroatoms. The summed E-state index contributed by atoms with van der Waals surface area (Å²) in [6, 6.07) is 5.87. The van der Waals surface area contributed by atoms with Crippen molar-refractivity contribution in [3.8, 4) is 0 Å². The second-order valence-electron chi connectivity index (χ2n) is 2.24. The summed E-state index contributed by atoms with van der Waals surface area (Å²) in [7, 11) is -0.539. The summed E-state index contributed by atoms with van der Waals surface area (Å²) in [6.45, 7) is 0.524. The van der Waals surface area contributed by atoms with Gasteiger partial charge in [-0.2, -0.15) is 0 Å². The van der Waals surface area contributed by atoms with Crippen LogP contribution in [0.4, 0.5) is 0 Å². The summed E-state index contributed by atoms with van der Waals surface area (Å²) >= 11 is 0. The Labute approximate surface area is 67.7 Å². The third kappa shape index (κ3) is 2.58. The van der Waals surface area contributed by atoms with E-state index in [1.54, 1.807) is 0 Å². The third-order valence-electron chi connectivity index (χ3n) is 1.38. The molecule has 0 saturated heterocycles. The maximum absolute atomic E-state index is 9.42. The lowest BCUT2D eigenvalue weighted by Gasteiger charge is -2.11. The highest BCUT2D eigenvalue weighted by molar-refractivity contribution is 7.51. The summed E-state index contributed by atoms with van der Waals surface area (Å²) in [6.07, 6.45) is 0.611. The van der Waals surface area contributed by atoms with Crippen molar-refractivity contribution in [1.29, 1.82) is 0 Å². The highest BCUT2D eigenvalue weighted by Gasteiger charge is 2.01. The molecule has 0 atom stereocenters. The zero-order chi connectivity index (χ0) is 8.10. The standard InChI is InChI=1S/C8H12NOP/c9-5-4-8(10)11-6-2-1-3-7-11/h1-3,6-7,10H,4-5,9H2. The minimum Gasteiger partial charge on any atom is -0.515 e. The molecular weight excluding hydrogens is 157 g/mol. The van der Waals surface area contributed by atoms with E-state index in [2.05, 4.69) is 0 Å². The third-order valence-corrected chi connectivity index (χ3v) is 3.19. The first kappa shape index (κ1) is 8.66. The van der Waals surface area contributed by atoms with Crippen molar-refractivity contribution in [1.82, 2.24) is 0 Å². The van der Waals surface area contributed by atoms with Gasteiger partial charge in [0.25, 0.3) is 0 Å². The first-order chi connectivity index (χ1) is 5.34. The molecule has 3 N–H and O–H groups in total. The fourth-order valence-corrected chi connectivity index (χ4v) is 2.23. The quantitative estimate of drug-likeness (QED) is 0.680. The predicted octanol–water partition coefficient (Wildman–Crippen LogP) is 2.01. The average molecular weight is 169 g/mol. The molecular formula is C8H12NOP. The van der Waals surface area contributed by atoms with E-state index in [1.165, 1.54) is 0 Å². The predicted molar refractivity (Wildman–Crippen MR) is 47.8 cm³/mol. The van der Waals surface area contributed by atoms with Crippen LogP contribution in [0.25, 0.3) is 0 Å². The van der Waals surface area contributed by atoms with Crippen LogP contribution in [-0.4, -0.2) is 11.7 Å². The van der Waals surface area contributed by atoms with Crippen molar-refractivity contribution in [2.45, 2.75) is 6.42 Å². The first-order valence-corrected chi connectivity index (χ1v) is 5.04. The molecule has 1 heterocycles. The summed E-state index contributed by atoms with van der Waals surface area (Å²) < 4.78 is 0. The van der Waals surface area contributed by atoms with E-state index in [9.17, 15) is 5.11 Å². The number of rotatable bonds is 3. The van der Waals surface area contributed by atoms with Gasteiger partial charge in [-0.25, -0.2) is 0 Å². The van der Waals surface area contributed by atoms with Crippen molar-refractivity contribution in [3.63, 3.8) is 0 Å². The minimum absolute atomic E-state index is 0.517. The first-order valence-electron chi connectivity index (χ1n) is 3.56. The van der Waals surface area contributed by atoms with Crippen LogP contribution in [0.15, 0.2) is 29.8 Å². The van der Waals surface area contributed by atoms with Crippen LogP contribution in [-0.2, 0) is 0 Å². The Balaban J connectivity index is 2.61. The van der Waals surface area contributed by atoms with Gasteiger partial charge < -0.3 is 10.8 Å². The Morgan fingerprint density at radius 1 is 1.27 bits per heavy atom. The molecule has 0 bridgehead atoms. The Morgan fingerprint density at radius 2 is 1.91 bits per heavy atom. The van der Waals surface area contributed by atoms with Crippen LogP contribution in [0.3, 0.4) is 0 Å². The van der Waals surface area contributed by atoms with Gasteiger partial charge in [-0.1, -0.05) is 12.5 Å². The lowest BCUT2D eigenvalue weighted by atomic mass is 10.5. The van der Waals surface area contributed by atoms with Crippen LogP contribution in [0.1, 0.15) is 6.42 Å². The SMILES string of the molecule is NCC[C-](O)[p+]1ccccc1. The van der Waals surface area contributed by atoms with Crippen molar-refractivity contribution >= 4 is 7.53 Å². The summed E-state index contributed by atoms with van der Waals surface area (Å²) in [5, 5.41) is 9.42. The van der Waals surface area contributed by atoms with Crippen LogP contribution >= 0.6 is 7.53 Å². The number of hydrogen-bond acceptors (Lipinski definition) is 2. The van der Waals surface area contributed by atoms with Crippen molar-refractivity contribution in [2.24, 2.45) is 5.73 Å². The van der Waals surface area contributed by atoms with Crippen LogP contribution < -0.4 is 5.73 Å². The van der Waals surface area contributed by atoms with E-state index in [4.69, 9.17) is 5.73 Å². The summed E-state index contributed by atoms with van der Waals surface area (Å²) in [5.41, 5.74) is 5.31. The molecule has 0 spiro atoms. The second kappa shape index (κ2) is 4.45. The van der Waals surface area contributed by atoms with E-state index in [0.717, 1.165) is 0 Å². The van der Waals surface area contributed by atoms with Gasteiger partial charge in [0, 0.05) is 5.85 Å². The lowest BCUT2D eigenvalue weighted by molar-refractivity contribution is 0.351. The Bertz CT molecular complexity index is 203. The molecule has 0 saturated carbocycles. The van der Waals surface area contributed by atoms with Gasteiger partial charge in [0.05, 0.1) is 11.6 Å². The summed E-state index contributed by atoms with van der Waals surface area (Å²) in [4.78, 5) is 0. The van der Waals surface area contributed by atoms with Gasteiger partial charge >= 0.3 is 0 Å². The molecule has 0 aliphatic carbocycles. The Hall–Kier alpha value is -0.430. The van der Waals surface area contributed by atoms with Crippen LogP contribution in [0.2, 0.25) is 0 Å². The smallest absolute Gasteiger partial charge is 0.0837 e. The molecule has 0 fully saturated rings. The molecule has 2 nitrogen and oxygen atoms in total.